The lowest BCUT2D eigenvalue weighted by Crippen LogP contribution is -2.29. The van der Waals surface area contributed by atoms with E-state index in [2.05, 4.69) is 16.9 Å². The summed E-state index contributed by atoms with van der Waals surface area (Å²) in [5, 5.41) is 10.2. The van der Waals surface area contributed by atoms with Crippen molar-refractivity contribution in [3.05, 3.63) is 35.5 Å². The number of carbonyl (C=O) groups is 1. The maximum Gasteiger partial charge on any atom is 0.335 e. The molecule has 0 bridgehead atoms. The van der Waals surface area contributed by atoms with Gasteiger partial charge in [0.2, 0.25) is 0 Å². The number of aromatic amines is 1. The number of H-pyrrole nitrogens is 1. The maximum absolute atomic E-state index is 11.1. The summed E-state index contributed by atoms with van der Waals surface area (Å²) in [7, 11) is 2.15. The van der Waals surface area contributed by atoms with Gasteiger partial charge < -0.3 is 15.0 Å². The first-order chi connectivity index (χ1) is 9.15. The number of aromatic nitrogens is 1. The number of piperidine rings is 1. The highest BCUT2D eigenvalue weighted by Gasteiger charge is 2.21. The van der Waals surface area contributed by atoms with E-state index in [1.165, 1.54) is 5.56 Å². The Hall–Kier alpha value is -1.81. The molecule has 3 rings (SSSR count). The molecule has 0 spiro atoms. The second-order valence-corrected chi connectivity index (χ2v) is 5.39. The Labute approximate surface area is 112 Å². The molecule has 2 N–H and O–H groups in total. The SMILES string of the molecule is CN1CCC(c2c[nH]c3ccc(C(=O)O)cc23)CC1. The Bertz CT molecular complexity index is 610. The van der Waals surface area contributed by atoms with Crippen LogP contribution in [0.5, 0.6) is 0 Å². The average molecular weight is 258 g/mol. The van der Waals surface area contributed by atoms with E-state index in [-0.39, 0.29) is 0 Å². The molecule has 1 aliphatic rings. The zero-order chi connectivity index (χ0) is 13.4. The number of carboxylic acids is 1. The Balaban J connectivity index is 1.99. The van der Waals surface area contributed by atoms with Crippen molar-refractivity contribution >= 4 is 16.9 Å². The molecule has 0 amide bonds. The van der Waals surface area contributed by atoms with Crippen LogP contribution in [0.25, 0.3) is 10.9 Å². The molecule has 1 saturated heterocycles. The third-order valence-corrected chi connectivity index (χ3v) is 4.12. The molecule has 0 unspecified atom stereocenters. The van der Waals surface area contributed by atoms with Crippen LogP contribution in [0.4, 0.5) is 0 Å². The number of hydrogen-bond acceptors (Lipinski definition) is 2. The molecule has 1 fully saturated rings. The lowest BCUT2D eigenvalue weighted by molar-refractivity contribution is 0.0697. The van der Waals surface area contributed by atoms with Crippen LogP contribution in [0.1, 0.15) is 34.7 Å². The Kier molecular flexibility index (Phi) is 3.03. The highest BCUT2D eigenvalue weighted by atomic mass is 16.4. The summed E-state index contributed by atoms with van der Waals surface area (Å²) in [4.78, 5) is 16.7. The lowest BCUT2D eigenvalue weighted by atomic mass is 9.89. The zero-order valence-electron chi connectivity index (χ0n) is 11.0. The normalized spacial score (nSPS) is 17.9. The molecular weight excluding hydrogens is 240 g/mol. The molecule has 1 aromatic carbocycles. The third-order valence-electron chi connectivity index (χ3n) is 4.12. The van der Waals surface area contributed by atoms with E-state index in [0.29, 0.717) is 11.5 Å². The quantitative estimate of drug-likeness (QED) is 0.870. The van der Waals surface area contributed by atoms with Gasteiger partial charge in [-0.1, -0.05) is 0 Å². The number of benzene rings is 1. The first-order valence-corrected chi connectivity index (χ1v) is 6.68. The predicted octanol–water partition coefficient (Wildman–Crippen LogP) is 2.68. The molecule has 2 heterocycles. The van der Waals surface area contributed by atoms with E-state index in [1.54, 1.807) is 12.1 Å². The van der Waals surface area contributed by atoms with Gasteiger partial charge in [-0.15, -0.1) is 0 Å². The fraction of sp³-hybridized carbons (Fsp3) is 0.400. The van der Waals surface area contributed by atoms with Gasteiger partial charge in [-0.3, -0.25) is 0 Å². The largest absolute Gasteiger partial charge is 0.478 e. The van der Waals surface area contributed by atoms with E-state index >= 15 is 0 Å². The summed E-state index contributed by atoms with van der Waals surface area (Å²) >= 11 is 0. The van der Waals surface area contributed by atoms with Gasteiger partial charge in [0.25, 0.3) is 0 Å². The van der Waals surface area contributed by atoms with Gasteiger partial charge in [0.15, 0.2) is 0 Å². The van der Waals surface area contributed by atoms with Crippen LogP contribution in [0.3, 0.4) is 0 Å². The second-order valence-electron chi connectivity index (χ2n) is 5.39. The monoisotopic (exact) mass is 258 g/mol. The molecule has 19 heavy (non-hydrogen) atoms. The lowest BCUT2D eigenvalue weighted by Gasteiger charge is -2.28. The minimum absolute atomic E-state index is 0.362. The maximum atomic E-state index is 11.1. The van der Waals surface area contributed by atoms with E-state index in [9.17, 15) is 4.79 Å². The molecular formula is C15H18N2O2. The number of rotatable bonds is 2. The van der Waals surface area contributed by atoms with Gasteiger partial charge in [-0.2, -0.15) is 0 Å². The van der Waals surface area contributed by atoms with Crippen LogP contribution in [-0.2, 0) is 0 Å². The standard InChI is InChI=1S/C15H18N2O2/c1-17-6-4-10(5-7-17)13-9-16-14-3-2-11(15(18)19)8-12(13)14/h2-3,8-10,16H,4-7H2,1H3,(H,18,19). The fourth-order valence-electron chi connectivity index (χ4n) is 2.93. The summed E-state index contributed by atoms with van der Waals surface area (Å²) < 4.78 is 0. The van der Waals surface area contributed by atoms with Gasteiger partial charge in [-0.05, 0) is 62.7 Å². The number of aromatic carboxylic acids is 1. The van der Waals surface area contributed by atoms with Crippen molar-refractivity contribution in [2.75, 3.05) is 20.1 Å². The summed E-state index contributed by atoms with van der Waals surface area (Å²) in [5.74, 6) is -0.327. The molecule has 1 aromatic heterocycles. The molecule has 4 heteroatoms. The van der Waals surface area contributed by atoms with E-state index in [4.69, 9.17) is 5.11 Å². The van der Waals surface area contributed by atoms with Gasteiger partial charge in [-0.25, -0.2) is 4.79 Å². The van der Waals surface area contributed by atoms with Crippen LogP contribution in [0.2, 0.25) is 0 Å². The van der Waals surface area contributed by atoms with Crippen LogP contribution in [-0.4, -0.2) is 41.1 Å². The van der Waals surface area contributed by atoms with Crippen LogP contribution >= 0.6 is 0 Å². The molecule has 1 aliphatic heterocycles. The first-order valence-electron chi connectivity index (χ1n) is 6.68. The molecule has 4 nitrogen and oxygen atoms in total. The summed E-state index contributed by atoms with van der Waals surface area (Å²) in [6.45, 7) is 2.21. The van der Waals surface area contributed by atoms with Gasteiger partial charge in [0.1, 0.15) is 0 Å². The number of hydrogen-bond donors (Lipinski definition) is 2. The van der Waals surface area contributed by atoms with Gasteiger partial charge in [0.05, 0.1) is 5.56 Å². The topological polar surface area (TPSA) is 56.3 Å². The Morgan fingerprint density at radius 1 is 1.37 bits per heavy atom. The predicted molar refractivity (Wildman–Crippen MR) is 74.7 cm³/mol. The highest BCUT2D eigenvalue weighted by molar-refractivity contribution is 5.94. The minimum atomic E-state index is -0.863. The van der Waals surface area contributed by atoms with Crippen molar-refractivity contribution in [3.63, 3.8) is 0 Å². The molecule has 0 atom stereocenters. The van der Waals surface area contributed by atoms with Crippen molar-refractivity contribution in [1.29, 1.82) is 0 Å². The first kappa shape index (κ1) is 12.2. The van der Waals surface area contributed by atoms with E-state index in [1.807, 2.05) is 12.3 Å². The second kappa shape index (κ2) is 4.70. The van der Waals surface area contributed by atoms with Crippen LogP contribution in [0.15, 0.2) is 24.4 Å². The van der Waals surface area contributed by atoms with Crippen molar-refractivity contribution in [2.24, 2.45) is 0 Å². The summed E-state index contributed by atoms with van der Waals surface area (Å²) in [5.41, 5.74) is 2.66. The average Bonchev–Trinajstić information content (AvgIpc) is 2.82. The van der Waals surface area contributed by atoms with Crippen LogP contribution < -0.4 is 0 Å². The van der Waals surface area contributed by atoms with Crippen molar-refractivity contribution < 1.29 is 9.90 Å². The van der Waals surface area contributed by atoms with Crippen molar-refractivity contribution in [3.8, 4) is 0 Å². The fourth-order valence-corrected chi connectivity index (χ4v) is 2.93. The number of nitrogens with one attached hydrogen (secondary N) is 1. The van der Waals surface area contributed by atoms with Crippen molar-refractivity contribution in [2.45, 2.75) is 18.8 Å². The Morgan fingerprint density at radius 2 is 2.11 bits per heavy atom. The van der Waals surface area contributed by atoms with Crippen molar-refractivity contribution in [1.82, 2.24) is 9.88 Å². The smallest absolute Gasteiger partial charge is 0.335 e. The Morgan fingerprint density at radius 3 is 2.79 bits per heavy atom. The highest BCUT2D eigenvalue weighted by Crippen LogP contribution is 2.33. The van der Waals surface area contributed by atoms with E-state index < -0.39 is 5.97 Å². The number of carboxylic acid groups (broad SMARTS) is 1. The molecule has 0 aliphatic carbocycles. The van der Waals surface area contributed by atoms with Gasteiger partial charge >= 0.3 is 5.97 Å². The van der Waals surface area contributed by atoms with E-state index in [0.717, 1.165) is 36.8 Å². The van der Waals surface area contributed by atoms with Crippen LogP contribution in [0, 0.1) is 0 Å². The minimum Gasteiger partial charge on any atom is -0.478 e. The molecule has 0 saturated carbocycles. The molecule has 100 valence electrons. The third kappa shape index (κ3) is 2.24. The summed E-state index contributed by atoms with van der Waals surface area (Å²) in [6, 6.07) is 5.30. The molecule has 0 radical (unpaired) electrons. The summed E-state index contributed by atoms with van der Waals surface area (Å²) in [6.07, 6.45) is 4.33. The number of nitrogens with zero attached hydrogens (tertiary/aromatic N) is 1. The van der Waals surface area contributed by atoms with Gasteiger partial charge in [0, 0.05) is 17.1 Å². The number of fused-ring (bicyclic) bond motifs is 1. The zero-order valence-corrected chi connectivity index (χ0v) is 11.0. The molecule has 2 aromatic rings. The number of likely N-dealkylation sites (tertiary alicyclic amines) is 1.